The fraction of sp³-hybridized carbons (Fsp3) is 0.391. The van der Waals surface area contributed by atoms with E-state index in [-0.39, 0.29) is 11.9 Å². The van der Waals surface area contributed by atoms with Crippen molar-refractivity contribution in [3.05, 3.63) is 59.7 Å². The summed E-state index contributed by atoms with van der Waals surface area (Å²) in [7, 11) is 0. The van der Waals surface area contributed by atoms with Crippen LogP contribution in [0.5, 0.6) is 0 Å². The van der Waals surface area contributed by atoms with Crippen LogP contribution in [-0.4, -0.2) is 29.4 Å². The molecule has 3 rings (SSSR count). The highest BCUT2D eigenvalue weighted by molar-refractivity contribution is 5.99. The van der Waals surface area contributed by atoms with Gasteiger partial charge in [0, 0.05) is 17.9 Å². The molecule has 2 N–H and O–H groups in total. The molecule has 0 radical (unpaired) electrons. The minimum absolute atomic E-state index is 0.132. The van der Waals surface area contributed by atoms with Crippen molar-refractivity contribution in [2.45, 2.75) is 52.0 Å². The molecule has 1 aliphatic heterocycles. The summed E-state index contributed by atoms with van der Waals surface area (Å²) >= 11 is 0. The highest BCUT2D eigenvalue weighted by Crippen LogP contribution is 2.23. The number of hydrogen-bond donors (Lipinski definition) is 2. The standard InChI is InChI=1S/C23H29N3O2/c1-4-17(3)18-9-13-19(14-10-18)24-22(27)21-6-5-15-26(21)23(28)25-20-11-7-16(2)8-12-20/h7-14,17,21H,4-6,15H2,1-3H3,(H,24,27)(H,25,28). The van der Waals surface area contributed by atoms with Crippen molar-refractivity contribution in [1.29, 1.82) is 0 Å². The summed E-state index contributed by atoms with van der Waals surface area (Å²) in [5, 5.41) is 5.86. The molecule has 1 heterocycles. The molecule has 28 heavy (non-hydrogen) atoms. The van der Waals surface area contributed by atoms with E-state index in [1.807, 2.05) is 43.3 Å². The van der Waals surface area contributed by atoms with E-state index in [0.717, 1.165) is 29.8 Å². The lowest BCUT2D eigenvalue weighted by Crippen LogP contribution is -2.45. The molecule has 1 fully saturated rings. The Hall–Kier alpha value is -2.82. The fourth-order valence-corrected chi connectivity index (χ4v) is 3.47. The maximum Gasteiger partial charge on any atom is 0.322 e. The molecule has 5 heteroatoms. The van der Waals surface area contributed by atoms with Crippen LogP contribution in [-0.2, 0) is 4.79 Å². The van der Waals surface area contributed by atoms with E-state index in [4.69, 9.17) is 0 Å². The highest BCUT2D eigenvalue weighted by atomic mass is 16.2. The SMILES string of the molecule is CCC(C)c1ccc(NC(=O)C2CCCN2C(=O)Nc2ccc(C)cc2)cc1. The summed E-state index contributed by atoms with van der Waals surface area (Å²) in [6.45, 7) is 6.94. The van der Waals surface area contributed by atoms with Crippen LogP contribution < -0.4 is 10.6 Å². The molecule has 0 aromatic heterocycles. The van der Waals surface area contributed by atoms with Crippen LogP contribution in [0, 0.1) is 6.92 Å². The molecule has 2 atom stereocenters. The van der Waals surface area contributed by atoms with E-state index < -0.39 is 6.04 Å². The Morgan fingerprint density at radius 3 is 2.29 bits per heavy atom. The first-order valence-electron chi connectivity index (χ1n) is 10.0. The third-order valence-corrected chi connectivity index (χ3v) is 5.48. The van der Waals surface area contributed by atoms with Gasteiger partial charge in [0.05, 0.1) is 0 Å². The number of hydrogen-bond acceptors (Lipinski definition) is 2. The van der Waals surface area contributed by atoms with Crippen molar-refractivity contribution in [3.8, 4) is 0 Å². The van der Waals surface area contributed by atoms with E-state index in [2.05, 4.69) is 36.6 Å². The third kappa shape index (κ3) is 4.71. The maximum absolute atomic E-state index is 12.8. The number of amides is 3. The molecule has 2 unspecified atom stereocenters. The maximum atomic E-state index is 12.8. The smallest absolute Gasteiger partial charge is 0.322 e. The third-order valence-electron chi connectivity index (χ3n) is 5.48. The second kappa shape index (κ2) is 8.91. The van der Waals surface area contributed by atoms with Gasteiger partial charge in [-0.2, -0.15) is 0 Å². The van der Waals surface area contributed by atoms with Gasteiger partial charge < -0.3 is 15.5 Å². The lowest BCUT2D eigenvalue weighted by Gasteiger charge is -2.24. The van der Waals surface area contributed by atoms with Crippen LogP contribution in [0.2, 0.25) is 0 Å². The number of nitrogens with one attached hydrogen (secondary N) is 2. The number of likely N-dealkylation sites (tertiary alicyclic amines) is 1. The zero-order chi connectivity index (χ0) is 20.1. The van der Waals surface area contributed by atoms with Crippen molar-refractivity contribution in [2.75, 3.05) is 17.2 Å². The fourth-order valence-electron chi connectivity index (χ4n) is 3.47. The van der Waals surface area contributed by atoms with Crippen LogP contribution >= 0.6 is 0 Å². The molecule has 1 aliphatic rings. The highest BCUT2D eigenvalue weighted by Gasteiger charge is 2.34. The van der Waals surface area contributed by atoms with E-state index in [1.165, 1.54) is 5.56 Å². The molecule has 3 amide bonds. The van der Waals surface area contributed by atoms with Gasteiger partial charge in [-0.1, -0.05) is 43.7 Å². The molecule has 1 saturated heterocycles. The van der Waals surface area contributed by atoms with Crippen LogP contribution in [0.15, 0.2) is 48.5 Å². The van der Waals surface area contributed by atoms with Crippen molar-refractivity contribution in [1.82, 2.24) is 4.90 Å². The molecule has 148 valence electrons. The molecule has 0 saturated carbocycles. The van der Waals surface area contributed by atoms with Crippen LogP contribution in [0.4, 0.5) is 16.2 Å². The van der Waals surface area contributed by atoms with Crippen molar-refractivity contribution < 1.29 is 9.59 Å². The van der Waals surface area contributed by atoms with Gasteiger partial charge in [-0.3, -0.25) is 4.79 Å². The number of anilines is 2. The topological polar surface area (TPSA) is 61.4 Å². The van der Waals surface area contributed by atoms with Crippen molar-refractivity contribution in [3.63, 3.8) is 0 Å². The van der Waals surface area contributed by atoms with Gasteiger partial charge in [0.1, 0.15) is 6.04 Å². The number of nitrogens with zero attached hydrogens (tertiary/aromatic N) is 1. The minimum Gasteiger partial charge on any atom is -0.324 e. The lowest BCUT2D eigenvalue weighted by atomic mass is 9.98. The van der Waals surface area contributed by atoms with Gasteiger partial charge in [0.25, 0.3) is 0 Å². The molecular weight excluding hydrogens is 350 g/mol. The number of aryl methyl sites for hydroxylation is 1. The number of carbonyl (C=O) groups excluding carboxylic acids is 2. The normalized spacial score (nSPS) is 17.2. The van der Waals surface area contributed by atoms with Gasteiger partial charge in [-0.05, 0) is 61.9 Å². The predicted octanol–water partition coefficient (Wildman–Crippen LogP) is 5.14. The minimum atomic E-state index is -0.445. The molecular formula is C23H29N3O2. The van der Waals surface area contributed by atoms with Gasteiger partial charge in [-0.15, -0.1) is 0 Å². The van der Waals surface area contributed by atoms with E-state index >= 15 is 0 Å². The van der Waals surface area contributed by atoms with Crippen LogP contribution in [0.1, 0.15) is 50.2 Å². The zero-order valence-electron chi connectivity index (χ0n) is 16.9. The molecule has 0 aliphatic carbocycles. The zero-order valence-corrected chi connectivity index (χ0v) is 16.9. The number of carbonyl (C=O) groups is 2. The Bertz CT molecular complexity index is 815. The summed E-state index contributed by atoms with van der Waals surface area (Å²) in [4.78, 5) is 27.1. The summed E-state index contributed by atoms with van der Waals surface area (Å²) in [6.07, 6.45) is 2.59. The van der Waals surface area contributed by atoms with Gasteiger partial charge in [-0.25, -0.2) is 4.79 Å². The predicted molar refractivity (Wildman–Crippen MR) is 114 cm³/mol. The van der Waals surface area contributed by atoms with E-state index in [9.17, 15) is 9.59 Å². The number of benzene rings is 2. The Morgan fingerprint density at radius 1 is 1.04 bits per heavy atom. The van der Waals surface area contributed by atoms with Gasteiger partial charge in [0.15, 0.2) is 0 Å². The number of rotatable bonds is 5. The van der Waals surface area contributed by atoms with Crippen LogP contribution in [0.3, 0.4) is 0 Å². The largest absolute Gasteiger partial charge is 0.324 e. The first-order chi connectivity index (χ1) is 13.5. The van der Waals surface area contributed by atoms with E-state index in [1.54, 1.807) is 4.90 Å². The number of urea groups is 1. The first-order valence-corrected chi connectivity index (χ1v) is 10.0. The Morgan fingerprint density at radius 2 is 1.64 bits per heavy atom. The van der Waals surface area contributed by atoms with E-state index in [0.29, 0.717) is 18.9 Å². The first kappa shape index (κ1) is 19.9. The summed E-state index contributed by atoms with van der Waals surface area (Å²) in [5.74, 6) is 0.369. The Kier molecular flexibility index (Phi) is 6.34. The molecule has 0 spiro atoms. The average molecular weight is 380 g/mol. The Balaban J connectivity index is 1.62. The summed E-state index contributed by atoms with van der Waals surface area (Å²) < 4.78 is 0. The monoisotopic (exact) mass is 379 g/mol. The molecule has 5 nitrogen and oxygen atoms in total. The average Bonchev–Trinajstić information content (AvgIpc) is 3.20. The second-order valence-corrected chi connectivity index (χ2v) is 7.57. The van der Waals surface area contributed by atoms with Crippen molar-refractivity contribution >= 4 is 23.3 Å². The lowest BCUT2D eigenvalue weighted by molar-refractivity contribution is -0.119. The quantitative estimate of drug-likeness (QED) is 0.755. The van der Waals surface area contributed by atoms with Gasteiger partial charge in [0.2, 0.25) is 5.91 Å². The summed E-state index contributed by atoms with van der Waals surface area (Å²) in [5.41, 5.74) is 3.90. The van der Waals surface area contributed by atoms with Crippen molar-refractivity contribution in [2.24, 2.45) is 0 Å². The summed E-state index contributed by atoms with van der Waals surface area (Å²) in [6, 6.07) is 15.0. The molecule has 0 bridgehead atoms. The molecule has 2 aromatic carbocycles. The Labute approximate surface area is 167 Å². The van der Waals surface area contributed by atoms with Gasteiger partial charge >= 0.3 is 6.03 Å². The second-order valence-electron chi connectivity index (χ2n) is 7.57. The van der Waals surface area contributed by atoms with Crippen LogP contribution in [0.25, 0.3) is 0 Å². The molecule has 2 aromatic rings.